The van der Waals surface area contributed by atoms with E-state index in [1.807, 2.05) is 30.3 Å². The van der Waals surface area contributed by atoms with Crippen molar-refractivity contribution in [2.45, 2.75) is 6.61 Å². The quantitative estimate of drug-likeness (QED) is 0.151. The Hall–Kier alpha value is -0.890. The van der Waals surface area contributed by atoms with Crippen molar-refractivity contribution in [1.82, 2.24) is 0 Å². The maximum Gasteiger partial charge on any atom is 0.363 e. The minimum atomic E-state index is -0.532. The van der Waals surface area contributed by atoms with Crippen molar-refractivity contribution in [2.75, 3.05) is 0 Å². The van der Waals surface area contributed by atoms with Crippen LogP contribution in [0.15, 0.2) is 65.3 Å². The molecule has 4 rings (SSSR count). The standard InChI is InChI=1S/C23H12Cl2I3NO3/c24-14-4-5-16(17(25)10-14)22-29-20(23(30)32-22)9-13-7-18(27)21(19(28)8-13)31-11-12-2-1-3-15(26)6-12/h1-10H,11H2/b20-9-. The first kappa shape index (κ1) is 24.2. The zero-order chi connectivity index (χ0) is 22.8. The van der Waals surface area contributed by atoms with Gasteiger partial charge in [0.2, 0.25) is 5.90 Å². The molecule has 0 unspecified atom stereocenters. The molecule has 0 aromatic heterocycles. The molecule has 0 amide bonds. The zero-order valence-electron chi connectivity index (χ0n) is 16.0. The fourth-order valence-electron chi connectivity index (χ4n) is 2.93. The number of nitrogens with zero attached hydrogens (tertiary/aromatic N) is 1. The zero-order valence-corrected chi connectivity index (χ0v) is 24.0. The van der Waals surface area contributed by atoms with Gasteiger partial charge in [-0.1, -0.05) is 35.3 Å². The van der Waals surface area contributed by atoms with Crippen molar-refractivity contribution in [3.8, 4) is 5.75 Å². The monoisotopic (exact) mass is 801 g/mol. The summed E-state index contributed by atoms with van der Waals surface area (Å²) in [6, 6.07) is 17.0. The van der Waals surface area contributed by atoms with Crippen LogP contribution in [0.25, 0.3) is 6.08 Å². The topological polar surface area (TPSA) is 47.9 Å². The van der Waals surface area contributed by atoms with Crippen LogP contribution in [0.3, 0.4) is 0 Å². The van der Waals surface area contributed by atoms with E-state index in [0.717, 1.165) is 24.0 Å². The number of hydrogen-bond acceptors (Lipinski definition) is 4. The summed E-state index contributed by atoms with van der Waals surface area (Å²) in [5, 5.41) is 0.858. The van der Waals surface area contributed by atoms with E-state index in [1.54, 1.807) is 24.3 Å². The number of esters is 1. The fourth-order valence-corrected chi connectivity index (χ4v) is 6.15. The molecule has 0 saturated heterocycles. The Morgan fingerprint density at radius 2 is 1.75 bits per heavy atom. The number of halogens is 5. The molecule has 1 aliphatic rings. The summed E-state index contributed by atoms with van der Waals surface area (Å²) in [6.45, 7) is 0.477. The molecule has 0 fully saturated rings. The van der Waals surface area contributed by atoms with Crippen LogP contribution in [0.2, 0.25) is 10.0 Å². The fraction of sp³-hybridized carbons (Fsp3) is 0.0435. The van der Waals surface area contributed by atoms with E-state index in [0.29, 0.717) is 22.2 Å². The molecule has 0 radical (unpaired) electrons. The van der Waals surface area contributed by atoms with E-state index in [2.05, 4.69) is 78.8 Å². The summed E-state index contributed by atoms with van der Waals surface area (Å²) in [7, 11) is 0. The van der Waals surface area contributed by atoms with Crippen LogP contribution < -0.4 is 4.74 Å². The van der Waals surface area contributed by atoms with E-state index in [9.17, 15) is 4.79 Å². The third kappa shape index (κ3) is 5.78. The lowest BCUT2D eigenvalue weighted by Gasteiger charge is -2.12. The number of ether oxygens (including phenoxy) is 2. The Bertz CT molecular complexity index is 1270. The Kier molecular flexibility index (Phi) is 8.01. The van der Waals surface area contributed by atoms with Crippen molar-refractivity contribution in [1.29, 1.82) is 0 Å². The molecule has 0 aliphatic carbocycles. The Balaban J connectivity index is 1.57. The highest BCUT2D eigenvalue weighted by molar-refractivity contribution is 14.1. The average Bonchev–Trinajstić information content (AvgIpc) is 3.07. The molecular formula is C23H12Cl2I3NO3. The lowest BCUT2D eigenvalue weighted by atomic mass is 10.2. The minimum Gasteiger partial charge on any atom is -0.487 e. The molecule has 1 aliphatic heterocycles. The lowest BCUT2D eigenvalue weighted by Crippen LogP contribution is -2.06. The number of rotatable bonds is 5. The largest absolute Gasteiger partial charge is 0.487 e. The van der Waals surface area contributed by atoms with Crippen LogP contribution in [0, 0.1) is 10.7 Å². The molecule has 32 heavy (non-hydrogen) atoms. The van der Waals surface area contributed by atoms with Gasteiger partial charge in [0.1, 0.15) is 12.4 Å². The number of cyclic esters (lactones) is 1. The summed E-state index contributed by atoms with van der Waals surface area (Å²) in [5.41, 5.74) is 2.63. The molecule has 1 heterocycles. The van der Waals surface area contributed by atoms with Crippen LogP contribution in [0.5, 0.6) is 5.75 Å². The third-order valence-electron chi connectivity index (χ3n) is 4.38. The molecule has 162 valence electrons. The third-order valence-corrected chi connectivity index (χ3v) is 7.20. The Morgan fingerprint density at radius 3 is 2.44 bits per heavy atom. The van der Waals surface area contributed by atoms with E-state index < -0.39 is 5.97 Å². The number of aliphatic imine (C=N–C) groups is 1. The van der Waals surface area contributed by atoms with Crippen molar-refractivity contribution < 1.29 is 14.3 Å². The van der Waals surface area contributed by atoms with Crippen LogP contribution in [-0.4, -0.2) is 11.9 Å². The highest BCUT2D eigenvalue weighted by Gasteiger charge is 2.26. The number of carbonyl (C=O) groups is 1. The van der Waals surface area contributed by atoms with Crippen molar-refractivity contribution in [3.63, 3.8) is 0 Å². The van der Waals surface area contributed by atoms with Crippen molar-refractivity contribution in [3.05, 3.63) is 97.7 Å². The second-order valence-corrected chi connectivity index (χ2v) is 11.1. The van der Waals surface area contributed by atoms with Crippen LogP contribution >= 0.6 is 91.0 Å². The highest BCUT2D eigenvalue weighted by atomic mass is 127. The van der Waals surface area contributed by atoms with Crippen LogP contribution in [0.1, 0.15) is 16.7 Å². The van der Waals surface area contributed by atoms with E-state index in [-0.39, 0.29) is 11.6 Å². The average molecular weight is 802 g/mol. The van der Waals surface area contributed by atoms with Crippen molar-refractivity contribution in [2.24, 2.45) is 4.99 Å². The van der Waals surface area contributed by atoms with Gasteiger partial charge in [-0.3, -0.25) is 0 Å². The van der Waals surface area contributed by atoms with Crippen LogP contribution in [-0.2, 0) is 16.1 Å². The van der Waals surface area contributed by atoms with Crippen molar-refractivity contribution >= 4 is 109 Å². The number of hydrogen-bond donors (Lipinski definition) is 0. The van der Waals surface area contributed by atoms with E-state index in [4.69, 9.17) is 32.7 Å². The maximum atomic E-state index is 12.4. The molecule has 0 spiro atoms. The molecule has 0 N–H and O–H groups in total. The predicted octanol–water partition coefficient (Wildman–Crippen LogP) is 7.73. The Labute approximate surface area is 235 Å². The summed E-state index contributed by atoms with van der Waals surface area (Å²) >= 11 is 18.9. The number of carbonyl (C=O) groups excluding carboxylic acids is 1. The molecule has 0 saturated carbocycles. The van der Waals surface area contributed by atoms with Gasteiger partial charge in [0.15, 0.2) is 5.70 Å². The molecule has 0 bridgehead atoms. The van der Waals surface area contributed by atoms with Gasteiger partial charge in [-0.25, -0.2) is 9.79 Å². The van der Waals surface area contributed by atoms with Gasteiger partial charge in [-0.2, -0.15) is 0 Å². The van der Waals surface area contributed by atoms with Gasteiger partial charge in [0.05, 0.1) is 17.7 Å². The van der Waals surface area contributed by atoms with Gasteiger partial charge >= 0.3 is 5.97 Å². The first-order chi connectivity index (χ1) is 15.3. The molecule has 3 aromatic rings. The Morgan fingerprint density at radius 1 is 1.00 bits per heavy atom. The normalized spacial score (nSPS) is 14.5. The summed E-state index contributed by atoms with van der Waals surface area (Å²) in [4.78, 5) is 16.7. The highest BCUT2D eigenvalue weighted by Crippen LogP contribution is 2.32. The second kappa shape index (κ2) is 10.6. The van der Waals surface area contributed by atoms with E-state index >= 15 is 0 Å². The van der Waals surface area contributed by atoms with Crippen LogP contribution in [0.4, 0.5) is 0 Å². The molecule has 3 aromatic carbocycles. The van der Waals surface area contributed by atoms with Gasteiger partial charge < -0.3 is 9.47 Å². The molecule has 4 nitrogen and oxygen atoms in total. The predicted molar refractivity (Wildman–Crippen MR) is 152 cm³/mol. The molecular weight excluding hydrogens is 790 g/mol. The minimum absolute atomic E-state index is 0.157. The van der Waals surface area contributed by atoms with Gasteiger partial charge in [-0.05, 0) is 127 Å². The first-order valence-corrected chi connectivity index (χ1v) is 13.1. The lowest BCUT2D eigenvalue weighted by molar-refractivity contribution is -0.129. The first-order valence-electron chi connectivity index (χ1n) is 9.14. The summed E-state index contributed by atoms with van der Waals surface area (Å²) < 4.78 is 14.4. The number of benzene rings is 3. The summed E-state index contributed by atoms with van der Waals surface area (Å²) in [6.07, 6.45) is 1.69. The SMILES string of the molecule is O=C1OC(c2ccc(Cl)cc2Cl)=N/C1=C\c1cc(I)c(OCc2cccc(I)c2)c(I)c1. The second-order valence-electron chi connectivity index (χ2n) is 6.69. The molecule has 0 atom stereocenters. The smallest absolute Gasteiger partial charge is 0.363 e. The van der Waals surface area contributed by atoms with Gasteiger partial charge in [0, 0.05) is 8.59 Å². The maximum absolute atomic E-state index is 12.4. The molecule has 9 heteroatoms. The van der Waals surface area contributed by atoms with E-state index in [1.165, 1.54) is 3.57 Å². The van der Waals surface area contributed by atoms with Gasteiger partial charge in [-0.15, -0.1) is 0 Å². The summed E-state index contributed by atoms with van der Waals surface area (Å²) in [5.74, 6) is 0.429. The van der Waals surface area contributed by atoms with Gasteiger partial charge in [0.25, 0.3) is 0 Å².